The molecule has 19 heavy (non-hydrogen) atoms. The number of primary amides is 1. The number of hydrogen-bond donors (Lipinski definition) is 2. The van der Waals surface area contributed by atoms with Crippen molar-refractivity contribution >= 4 is 17.1 Å². The van der Waals surface area contributed by atoms with E-state index in [1.807, 2.05) is 0 Å². The Labute approximate surface area is 110 Å². The maximum absolute atomic E-state index is 13.9. The number of aromatic nitrogens is 2. The smallest absolute Gasteiger partial charge is 0.252 e. The van der Waals surface area contributed by atoms with Gasteiger partial charge in [0.1, 0.15) is 5.67 Å². The van der Waals surface area contributed by atoms with Gasteiger partial charge in [0.2, 0.25) is 0 Å². The SMILES string of the molecule is C[C@@H](Nc1c(C(N)=O)cnn2cccc12)C(C)(C)F. The Morgan fingerprint density at radius 1 is 1.58 bits per heavy atom. The molecule has 0 saturated carbocycles. The molecule has 0 spiro atoms. The topological polar surface area (TPSA) is 72.4 Å². The van der Waals surface area contributed by atoms with Crippen LogP contribution in [-0.2, 0) is 0 Å². The zero-order valence-corrected chi connectivity index (χ0v) is 11.1. The van der Waals surface area contributed by atoms with Crippen LogP contribution in [-0.4, -0.2) is 27.2 Å². The average molecular weight is 264 g/mol. The quantitative estimate of drug-likeness (QED) is 0.887. The van der Waals surface area contributed by atoms with Crippen LogP contribution < -0.4 is 11.1 Å². The Morgan fingerprint density at radius 3 is 2.84 bits per heavy atom. The molecule has 1 atom stereocenters. The summed E-state index contributed by atoms with van der Waals surface area (Å²) >= 11 is 0. The highest BCUT2D eigenvalue weighted by Crippen LogP contribution is 2.25. The lowest BCUT2D eigenvalue weighted by Crippen LogP contribution is -2.36. The second kappa shape index (κ2) is 4.53. The third-order valence-corrected chi connectivity index (χ3v) is 3.22. The number of carbonyl (C=O) groups excluding carboxylic acids is 1. The first kappa shape index (κ1) is 13.3. The summed E-state index contributed by atoms with van der Waals surface area (Å²) in [6, 6.07) is 3.11. The Kier molecular flexibility index (Phi) is 3.18. The molecule has 6 heteroatoms. The van der Waals surface area contributed by atoms with Crippen molar-refractivity contribution in [2.24, 2.45) is 5.73 Å². The number of halogens is 1. The second-order valence-corrected chi connectivity index (χ2v) is 5.07. The normalized spacial score (nSPS) is 13.5. The molecule has 2 aromatic rings. The molecule has 2 aromatic heterocycles. The van der Waals surface area contributed by atoms with Gasteiger partial charge in [-0.2, -0.15) is 5.10 Å². The summed E-state index contributed by atoms with van der Waals surface area (Å²) in [4.78, 5) is 11.5. The molecule has 0 bridgehead atoms. The van der Waals surface area contributed by atoms with Gasteiger partial charge >= 0.3 is 0 Å². The van der Waals surface area contributed by atoms with Crippen LogP contribution in [0.15, 0.2) is 24.5 Å². The van der Waals surface area contributed by atoms with Crippen LogP contribution >= 0.6 is 0 Å². The van der Waals surface area contributed by atoms with Crippen LogP contribution in [0.5, 0.6) is 0 Å². The molecular formula is C13H17FN4O. The molecule has 102 valence electrons. The van der Waals surface area contributed by atoms with E-state index in [0.29, 0.717) is 11.2 Å². The van der Waals surface area contributed by atoms with E-state index >= 15 is 0 Å². The van der Waals surface area contributed by atoms with E-state index in [0.717, 1.165) is 0 Å². The highest BCUT2D eigenvalue weighted by atomic mass is 19.1. The zero-order valence-electron chi connectivity index (χ0n) is 11.1. The Balaban J connectivity index is 2.52. The van der Waals surface area contributed by atoms with Crippen LogP contribution in [0.3, 0.4) is 0 Å². The summed E-state index contributed by atoms with van der Waals surface area (Å²) in [5.41, 5.74) is 5.35. The molecule has 1 amide bonds. The maximum Gasteiger partial charge on any atom is 0.252 e. The van der Waals surface area contributed by atoms with Crippen molar-refractivity contribution in [3.63, 3.8) is 0 Å². The van der Waals surface area contributed by atoms with E-state index in [4.69, 9.17) is 5.73 Å². The van der Waals surface area contributed by atoms with E-state index in [2.05, 4.69) is 10.4 Å². The van der Waals surface area contributed by atoms with Gasteiger partial charge in [-0.3, -0.25) is 4.79 Å². The third kappa shape index (κ3) is 2.52. The largest absolute Gasteiger partial charge is 0.377 e. The summed E-state index contributed by atoms with van der Waals surface area (Å²) in [6.07, 6.45) is 3.13. The van der Waals surface area contributed by atoms with Gasteiger partial charge < -0.3 is 11.1 Å². The molecule has 0 aliphatic heterocycles. The monoisotopic (exact) mass is 264 g/mol. The van der Waals surface area contributed by atoms with Crippen molar-refractivity contribution in [1.29, 1.82) is 0 Å². The van der Waals surface area contributed by atoms with E-state index < -0.39 is 17.6 Å². The number of nitrogens with one attached hydrogen (secondary N) is 1. The van der Waals surface area contributed by atoms with Gasteiger partial charge in [-0.1, -0.05) is 0 Å². The fourth-order valence-corrected chi connectivity index (χ4v) is 1.72. The molecule has 5 nitrogen and oxygen atoms in total. The lowest BCUT2D eigenvalue weighted by molar-refractivity contribution is 0.1000. The van der Waals surface area contributed by atoms with Gasteiger partial charge in [-0.05, 0) is 32.9 Å². The first-order valence-corrected chi connectivity index (χ1v) is 6.02. The van der Waals surface area contributed by atoms with Crippen LogP contribution in [0, 0.1) is 0 Å². The molecule has 0 saturated heterocycles. The highest BCUT2D eigenvalue weighted by Gasteiger charge is 2.26. The van der Waals surface area contributed by atoms with Gasteiger partial charge in [-0.25, -0.2) is 8.91 Å². The van der Waals surface area contributed by atoms with E-state index in [1.165, 1.54) is 20.0 Å². The summed E-state index contributed by atoms with van der Waals surface area (Å²) in [6.45, 7) is 4.67. The Hall–Kier alpha value is -2.11. The summed E-state index contributed by atoms with van der Waals surface area (Å²) < 4.78 is 15.5. The molecule has 2 heterocycles. The van der Waals surface area contributed by atoms with E-state index in [1.54, 1.807) is 29.8 Å². The number of nitrogens with zero attached hydrogens (tertiary/aromatic N) is 2. The van der Waals surface area contributed by atoms with Crippen molar-refractivity contribution in [1.82, 2.24) is 9.61 Å². The molecular weight excluding hydrogens is 247 g/mol. The van der Waals surface area contributed by atoms with Crippen LogP contribution in [0.2, 0.25) is 0 Å². The molecule has 0 aliphatic rings. The van der Waals surface area contributed by atoms with Crippen LogP contribution in [0.4, 0.5) is 10.1 Å². The predicted molar refractivity (Wildman–Crippen MR) is 72.0 cm³/mol. The van der Waals surface area contributed by atoms with Crippen molar-refractivity contribution in [2.45, 2.75) is 32.5 Å². The number of alkyl halides is 1. The molecule has 0 aromatic carbocycles. The van der Waals surface area contributed by atoms with Crippen molar-refractivity contribution in [2.75, 3.05) is 5.32 Å². The lowest BCUT2D eigenvalue weighted by atomic mass is 10.0. The average Bonchev–Trinajstić information content (AvgIpc) is 2.75. The Morgan fingerprint density at radius 2 is 2.26 bits per heavy atom. The molecule has 0 radical (unpaired) electrons. The fourth-order valence-electron chi connectivity index (χ4n) is 1.72. The fraction of sp³-hybridized carbons (Fsp3) is 0.385. The minimum atomic E-state index is -1.43. The third-order valence-electron chi connectivity index (χ3n) is 3.22. The molecule has 0 fully saturated rings. The van der Waals surface area contributed by atoms with Crippen LogP contribution in [0.25, 0.3) is 5.52 Å². The molecule has 3 N–H and O–H groups in total. The molecule has 2 rings (SSSR count). The number of hydrogen-bond acceptors (Lipinski definition) is 3. The second-order valence-electron chi connectivity index (χ2n) is 5.07. The summed E-state index contributed by atoms with van der Waals surface area (Å²) in [5, 5.41) is 7.10. The number of nitrogens with two attached hydrogens (primary N) is 1. The number of carbonyl (C=O) groups is 1. The van der Waals surface area contributed by atoms with Gasteiger partial charge in [0.25, 0.3) is 5.91 Å². The highest BCUT2D eigenvalue weighted by molar-refractivity contribution is 6.01. The summed E-state index contributed by atoms with van der Waals surface area (Å²) in [7, 11) is 0. The minimum Gasteiger partial charge on any atom is -0.377 e. The zero-order chi connectivity index (χ0) is 14.2. The standard InChI is InChI=1S/C13H17FN4O/c1-8(13(2,3)14)17-11-9(12(15)19)7-16-18-6-4-5-10(11)18/h4-8,17H,1-3H3,(H2,15,19)/t8-/m1/s1. The van der Waals surface area contributed by atoms with E-state index in [9.17, 15) is 9.18 Å². The van der Waals surface area contributed by atoms with Crippen molar-refractivity contribution in [3.8, 4) is 0 Å². The summed E-state index contributed by atoms with van der Waals surface area (Å²) in [5.74, 6) is -0.595. The first-order valence-electron chi connectivity index (χ1n) is 6.02. The number of fused-ring (bicyclic) bond motifs is 1. The van der Waals surface area contributed by atoms with Crippen LogP contribution in [0.1, 0.15) is 31.1 Å². The number of rotatable bonds is 4. The van der Waals surface area contributed by atoms with E-state index in [-0.39, 0.29) is 5.56 Å². The Bertz CT molecular complexity index is 615. The van der Waals surface area contributed by atoms with Gasteiger partial charge in [0.05, 0.1) is 29.0 Å². The first-order chi connectivity index (χ1) is 8.80. The van der Waals surface area contributed by atoms with Gasteiger partial charge in [0.15, 0.2) is 0 Å². The number of anilines is 1. The van der Waals surface area contributed by atoms with Gasteiger partial charge in [-0.15, -0.1) is 0 Å². The predicted octanol–water partition coefficient (Wildman–Crippen LogP) is 1.98. The lowest BCUT2D eigenvalue weighted by Gasteiger charge is -2.26. The minimum absolute atomic E-state index is 0.252. The number of amides is 1. The maximum atomic E-state index is 13.9. The van der Waals surface area contributed by atoms with Crippen molar-refractivity contribution in [3.05, 3.63) is 30.1 Å². The van der Waals surface area contributed by atoms with Crippen molar-refractivity contribution < 1.29 is 9.18 Å². The molecule has 0 unspecified atom stereocenters. The molecule has 0 aliphatic carbocycles. The van der Waals surface area contributed by atoms with Gasteiger partial charge in [0, 0.05) is 6.20 Å².